The molecule has 7 nitrogen and oxygen atoms in total. The molecule has 0 aliphatic carbocycles. The quantitative estimate of drug-likeness (QED) is 0.664. The van der Waals surface area contributed by atoms with E-state index in [4.69, 9.17) is 0 Å². The molecule has 1 atom stereocenters. The van der Waals surface area contributed by atoms with Crippen LogP contribution in [-0.2, 0) is 9.84 Å². The Morgan fingerprint density at radius 1 is 1.40 bits per heavy atom. The van der Waals surface area contributed by atoms with Gasteiger partial charge in [-0.3, -0.25) is 10.1 Å². The van der Waals surface area contributed by atoms with Crippen LogP contribution in [0.2, 0.25) is 0 Å². The average molecular weight is 299 g/mol. The fourth-order valence-electron chi connectivity index (χ4n) is 2.34. The van der Waals surface area contributed by atoms with Crippen molar-refractivity contribution >= 4 is 26.9 Å². The molecule has 0 aromatic heterocycles. The minimum absolute atomic E-state index is 0.0143. The molecule has 1 N–H and O–H groups in total. The molecule has 110 valence electrons. The summed E-state index contributed by atoms with van der Waals surface area (Å²) in [6, 6.07) is 4.55. The van der Waals surface area contributed by atoms with Crippen molar-refractivity contribution in [3.63, 3.8) is 0 Å². The maximum atomic E-state index is 11.5. The van der Waals surface area contributed by atoms with E-state index in [2.05, 4.69) is 5.32 Å². The van der Waals surface area contributed by atoms with Crippen molar-refractivity contribution in [1.29, 1.82) is 0 Å². The second kappa shape index (κ2) is 5.28. The number of rotatable bonds is 4. The lowest BCUT2D eigenvalue weighted by Crippen LogP contribution is -2.32. The molecule has 1 aromatic rings. The van der Waals surface area contributed by atoms with Crippen LogP contribution in [0.4, 0.5) is 17.1 Å². The molecule has 8 heteroatoms. The van der Waals surface area contributed by atoms with Gasteiger partial charge in [0, 0.05) is 43.6 Å². The van der Waals surface area contributed by atoms with Crippen molar-refractivity contribution in [1.82, 2.24) is 0 Å². The van der Waals surface area contributed by atoms with Crippen LogP contribution >= 0.6 is 0 Å². The molecular weight excluding hydrogens is 282 g/mol. The van der Waals surface area contributed by atoms with Crippen molar-refractivity contribution < 1.29 is 13.3 Å². The molecule has 0 spiro atoms. The molecule has 0 amide bonds. The molecule has 1 aliphatic heterocycles. The minimum Gasteiger partial charge on any atom is -0.388 e. The van der Waals surface area contributed by atoms with E-state index >= 15 is 0 Å². The van der Waals surface area contributed by atoms with Crippen LogP contribution in [0.25, 0.3) is 0 Å². The van der Waals surface area contributed by atoms with Crippen molar-refractivity contribution in [3.8, 4) is 0 Å². The van der Waals surface area contributed by atoms with Gasteiger partial charge in [0.25, 0.3) is 5.69 Å². The molecule has 1 heterocycles. The first-order valence-electron chi connectivity index (χ1n) is 6.23. The van der Waals surface area contributed by atoms with Crippen molar-refractivity contribution in [3.05, 3.63) is 28.3 Å². The van der Waals surface area contributed by atoms with Crippen LogP contribution in [0.15, 0.2) is 18.2 Å². The van der Waals surface area contributed by atoms with Gasteiger partial charge in [0.05, 0.1) is 16.4 Å². The number of nitro groups is 1. The molecule has 0 radical (unpaired) electrons. The fraction of sp³-hybridized carbons (Fsp3) is 0.500. The molecule has 1 unspecified atom stereocenters. The van der Waals surface area contributed by atoms with Gasteiger partial charge in [-0.2, -0.15) is 0 Å². The molecule has 20 heavy (non-hydrogen) atoms. The Kier molecular flexibility index (Phi) is 3.85. The third kappa shape index (κ3) is 3.01. The van der Waals surface area contributed by atoms with Crippen molar-refractivity contribution in [2.45, 2.75) is 12.5 Å². The summed E-state index contributed by atoms with van der Waals surface area (Å²) >= 11 is 0. The number of sulfone groups is 1. The van der Waals surface area contributed by atoms with Crippen LogP contribution in [0.3, 0.4) is 0 Å². The van der Waals surface area contributed by atoms with Gasteiger partial charge in [-0.25, -0.2) is 8.42 Å². The third-order valence-corrected chi connectivity index (χ3v) is 5.32. The summed E-state index contributed by atoms with van der Waals surface area (Å²) in [4.78, 5) is 12.3. The lowest BCUT2D eigenvalue weighted by Gasteiger charge is -2.26. The smallest absolute Gasteiger partial charge is 0.273 e. The summed E-state index contributed by atoms with van der Waals surface area (Å²) < 4.78 is 23.1. The first-order chi connectivity index (χ1) is 9.32. The molecule has 1 fully saturated rings. The molecule has 1 saturated heterocycles. The topological polar surface area (TPSA) is 92.6 Å². The standard InChI is InChI=1S/C12H17N3O4S/c1-13-9-5-11(7-12(6-9)15(16)17)14(2)10-3-4-20(18,19)8-10/h5-7,10,13H,3-4,8H2,1-2H3. The summed E-state index contributed by atoms with van der Waals surface area (Å²) in [6.45, 7) is 0. The molecule has 0 saturated carbocycles. The van der Waals surface area contributed by atoms with Gasteiger partial charge in [0.15, 0.2) is 9.84 Å². The lowest BCUT2D eigenvalue weighted by atomic mass is 10.1. The van der Waals surface area contributed by atoms with Crippen LogP contribution in [0.5, 0.6) is 0 Å². The number of nitrogens with zero attached hydrogens (tertiary/aromatic N) is 2. The van der Waals surface area contributed by atoms with Gasteiger partial charge >= 0.3 is 0 Å². The zero-order chi connectivity index (χ0) is 14.9. The highest BCUT2D eigenvalue weighted by molar-refractivity contribution is 7.91. The highest BCUT2D eigenvalue weighted by Crippen LogP contribution is 2.29. The summed E-state index contributed by atoms with van der Waals surface area (Å²) in [5.74, 6) is 0.275. The SMILES string of the molecule is CNc1cc(N(C)C2CCS(=O)(=O)C2)cc([N+](=O)[O-])c1. The second-order valence-electron chi connectivity index (χ2n) is 4.91. The molecule has 1 aliphatic rings. The highest BCUT2D eigenvalue weighted by Gasteiger charge is 2.31. The minimum atomic E-state index is -2.98. The first kappa shape index (κ1) is 14.6. The van der Waals surface area contributed by atoms with E-state index in [0.29, 0.717) is 17.8 Å². The fourth-order valence-corrected chi connectivity index (χ4v) is 4.11. The second-order valence-corrected chi connectivity index (χ2v) is 7.14. The Hall–Kier alpha value is -1.83. The molecular formula is C12H17N3O4S. The molecule has 2 rings (SSSR count). The summed E-state index contributed by atoms with van der Waals surface area (Å²) in [5, 5.41) is 13.8. The van der Waals surface area contributed by atoms with Crippen LogP contribution in [-0.4, -0.2) is 45.0 Å². The number of hydrogen-bond acceptors (Lipinski definition) is 6. The summed E-state index contributed by atoms with van der Waals surface area (Å²) in [5.41, 5.74) is 1.26. The Morgan fingerprint density at radius 2 is 2.10 bits per heavy atom. The number of hydrogen-bond donors (Lipinski definition) is 1. The van der Waals surface area contributed by atoms with E-state index < -0.39 is 14.8 Å². The highest BCUT2D eigenvalue weighted by atomic mass is 32.2. The Balaban J connectivity index is 2.32. The predicted molar refractivity (Wildman–Crippen MR) is 78.1 cm³/mol. The molecule has 0 bridgehead atoms. The van der Waals surface area contributed by atoms with Gasteiger partial charge in [-0.1, -0.05) is 0 Å². The first-order valence-corrected chi connectivity index (χ1v) is 8.05. The predicted octanol–water partition coefficient (Wildman–Crippen LogP) is 1.26. The van der Waals surface area contributed by atoms with E-state index in [1.807, 2.05) is 0 Å². The number of benzene rings is 1. The number of anilines is 2. The summed E-state index contributed by atoms with van der Waals surface area (Å²) in [7, 11) is 0.469. The number of non-ortho nitro benzene ring substituents is 1. The summed E-state index contributed by atoms with van der Waals surface area (Å²) in [6.07, 6.45) is 0.552. The van der Waals surface area contributed by atoms with E-state index in [9.17, 15) is 18.5 Å². The van der Waals surface area contributed by atoms with Gasteiger partial charge in [0.2, 0.25) is 0 Å². The maximum absolute atomic E-state index is 11.5. The zero-order valence-corrected chi connectivity index (χ0v) is 12.2. The normalized spacial score (nSPS) is 20.6. The number of nitro benzene ring substituents is 1. The van der Waals surface area contributed by atoms with E-state index in [1.54, 1.807) is 25.1 Å². The van der Waals surface area contributed by atoms with Gasteiger partial charge in [-0.05, 0) is 12.5 Å². The van der Waals surface area contributed by atoms with Gasteiger partial charge in [-0.15, -0.1) is 0 Å². The monoisotopic (exact) mass is 299 g/mol. The number of nitrogens with one attached hydrogen (secondary N) is 1. The largest absolute Gasteiger partial charge is 0.388 e. The van der Waals surface area contributed by atoms with Crippen LogP contribution in [0.1, 0.15) is 6.42 Å². The lowest BCUT2D eigenvalue weighted by molar-refractivity contribution is -0.384. The Bertz CT molecular complexity index is 630. The van der Waals surface area contributed by atoms with Crippen LogP contribution < -0.4 is 10.2 Å². The van der Waals surface area contributed by atoms with Gasteiger partial charge in [0.1, 0.15) is 0 Å². The Labute approximate surface area is 117 Å². The van der Waals surface area contributed by atoms with E-state index in [1.165, 1.54) is 12.1 Å². The van der Waals surface area contributed by atoms with Crippen LogP contribution in [0, 0.1) is 10.1 Å². The van der Waals surface area contributed by atoms with Crippen molar-refractivity contribution in [2.24, 2.45) is 0 Å². The zero-order valence-electron chi connectivity index (χ0n) is 11.4. The maximum Gasteiger partial charge on any atom is 0.273 e. The van der Waals surface area contributed by atoms with Crippen molar-refractivity contribution in [2.75, 3.05) is 35.8 Å². The average Bonchev–Trinajstić information content (AvgIpc) is 2.77. The Morgan fingerprint density at radius 3 is 2.60 bits per heavy atom. The van der Waals surface area contributed by atoms with Gasteiger partial charge < -0.3 is 10.2 Å². The van der Waals surface area contributed by atoms with E-state index in [-0.39, 0.29) is 23.2 Å². The third-order valence-electron chi connectivity index (χ3n) is 3.57. The molecule has 1 aromatic carbocycles. The van der Waals surface area contributed by atoms with E-state index in [0.717, 1.165) is 0 Å².